The van der Waals surface area contributed by atoms with Crippen molar-refractivity contribution in [3.05, 3.63) is 16.6 Å². The number of thiazole rings is 1. The quantitative estimate of drug-likeness (QED) is 0.853. The maximum atomic E-state index is 4.29. The Hall–Kier alpha value is -0.410. The molecule has 1 aliphatic carbocycles. The third-order valence-corrected chi connectivity index (χ3v) is 4.40. The van der Waals surface area contributed by atoms with Crippen molar-refractivity contribution in [2.75, 3.05) is 0 Å². The molecule has 1 fully saturated rings. The summed E-state index contributed by atoms with van der Waals surface area (Å²) in [6.07, 6.45) is 5.91. The summed E-state index contributed by atoms with van der Waals surface area (Å²) in [6, 6.07) is 0.708. The van der Waals surface area contributed by atoms with Crippen LogP contribution >= 0.6 is 11.3 Å². The van der Waals surface area contributed by atoms with E-state index in [1.807, 2.05) is 11.6 Å². The van der Waals surface area contributed by atoms with Crippen LogP contribution in [0.15, 0.2) is 11.6 Å². The van der Waals surface area contributed by atoms with Gasteiger partial charge in [0, 0.05) is 24.2 Å². The van der Waals surface area contributed by atoms with E-state index in [1.165, 1.54) is 24.3 Å². The number of nitrogens with zero attached hydrogens (tertiary/aromatic N) is 1. The number of nitrogens with one attached hydrogen (secondary N) is 1. The van der Waals surface area contributed by atoms with Gasteiger partial charge in [-0.25, -0.2) is 4.98 Å². The summed E-state index contributed by atoms with van der Waals surface area (Å²) in [5.41, 5.74) is 0. The van der Waals surface area contributed by atoms with Gasteiger partial charge in [0.15, 0.2) is 0 Å². The lowest BCUT2D eigenvalue weighted by Crippen LogP contribution is -2.35. The van der Waals surface area contributed by atoms with Crippen molar-refractivity contribution in [3.8, 4) is 0 Å². The Labute approximate surface area is 96.1 Å². The first-order chi connectivity index (χ1) is 7.25. The molecular formula is C12H20N2S. The summed E-state index contributed by atoms with van der Waals surface area (Å²) in [6.45, 7) is 5.70. The van der Waals surface area contributed by atoms with Crippen molar-refractivity contribution >= 4 is 11.3 Å². The zero-order valence-electron chi connectivity index (χ0n) is 9.57. The molecule has 1 saturated carbocycles. The second-order valence-corrected chi connectivity index (χ2v) is 5.75. The van der Waals surface area contributed by atoms with Crippen LogP contribution in [-0.4, -0.2) is 11.0 Å². The minimum Gasteiger partial charge on any atom is -0.308 e. The predicted molar refractivity (Wildman–Crippen MR) is 64.9 cm³/mol. The summed E-state index contributed by atoms with van der Waals surface area (Å²) in [5.74, 6) is 1.77. The van der Waals surface area contributed by atoms with Crippen LogP contribution in [0.25, 0.3) is 0 Å². The molecule has 3 unspecified atom stereocenters. The molecule has 0 radical (unpaired) electrons. The molecule has 2 nitrogen and oxygen atoms in total. The van der Waals surface area contributed by atoms with Crippen LogP contribution in [0, 0.1) is 11.8 Å². The molecule has 0 spiro atoms. The summed E-state index contributed by atoms with van der Waals surface area (Å²) < 4.78 is 0. The highest BCUT2D eigenvalue weighted by molar-refractivity contribution is 7.09. The largest absolute Gasteiger partial charge is 0.308 e. The fourth-order valence-electron chi connectivity index (χ4n) is 2.30. The second-order valence-electron chi connectivity index (χ2n) is 4.77. The maximum Gasteiger partial charge on any atom is 0.106 e. The average molecular weight is 224 g/mol. The Morgan fingerprint density at radius 1 is 1.40 bits per heavy atom. The zero-order valence-corrected chi connectivity index (χ0v) is 10.4. The van der Waals surface area contributed by atoms with Gasteiger partial charge in [0.1, 0.15) is 5.01 Å². The Kier molecular flexibility index (Phi) is 3.76. The predicted octanol–water partition coefficient (Wildman–Crippen LogP) is 3.06. The van der Waals surface area contributed by atoms with Crippen molar-refractivity contribution < 1.29 is 0 Å². The molecule has 1 heterocycles. The Bertz CT molecular complexity index is 284. The van der Waals surface area contributed by atoms with E-state index in [0.717, 1.165) is 18.4 Å². The maximum absolute atomic E-state index is 4.29. The highest BCUT2D eigenvalue weighted by Gasteiger charge is 2.23. The monoisotopic (exact) mass is 224 g/mol. The smallest absolute Gasteiger partial charge is 0.106 e. The summed E-state index contributed by atoms with van der Waals surface area (Å²) in [7, 11) is 0. The van der Waals surface area contributed by atoms with E-state index in [-0.39, 0.29) is 0 Å². The number of hydrogen-bond acceptors (Lipinski definition) is 3. The van der Waals surface area contributed by atoms with E-state index in [2.05, 4.69) is 24.1 Å². The standard InChI is InChI=1S/C12H20N2S/c1-9-3-4-11(7-10(9)2)14-8-12-13-5-6-15-12/h5-6,9-11,14H,3-4,7-8H2,1-2H3. The van der Waals surface area contributed by atoms with E-state index >= 15 is 0 Å². The molecule has 84 valence electrons. The minimum absolute atomic E-state index is 0.708. The third kappa shape index (κ3) is 3.02. The second kappa shape index (κ2) is 5.08. The molecule has 1 aromatic heterocycles. The molecule has 0 aliphatic heterocycles. The lowest BCUT2D eigenvalue weighted by Gasteiger charge is -2.32. The van der Waals surface area contributed by atoms with Gasteiger partial charge in [0.25, 0.3) is 0 Å². The Balaban J connectivity index is 1.76. The normalized spacial score (nSPS) is 31.7. The molecule has 1 aliphatic rings. The lowest BCUT2D eigenvalue weighted by atomic mass is 9.79. The third-order valence-electron chi connectivity index (χ3n) is 3.62. The van der Waals surface area contributed by atoms with E-state index in [4.69, 9.17) is 0 Å². The zero-order chi connectivity index (χ0) is 10.7. The molecule has 1 aromatic rings. The van der Waals surface area contributed by atoms with Crippen LogP contribution < -0.4 is 5.32 Å². The molecule has 3 heteroatoms. The molecule has 0 amide bonds. The Morgan fingerprint density at radius 2 is 2.27 bits per heavy atom. The minimum atomic E-state index is 0.708. The van der Waals surface area contributed by atoms with Crippen molar-refractivity contribution in [2.45, 2.75) is 45.7 Å². The molecule has 3 atom stereocenters. The topological polar surface area (TPSA) is 24.9 Å². The van der Waals surface area contributed by atoms with Gasteiger partial charge in [-0.05, 0) is 31.1 Å². The van der Waals surface area contributed by atoms with Crippen molar-refractivity contribution in [2.24, 2.45) is 11.8 Å². The van der Waals surface area contributed by atoms with Crippen LogP contribution in [0.4, 0.5) is 0 Å². The van der Waals surface area contributed by atoms with Crippen molar-refractivity contribution in [1.29, 1.82) is 0 Å². The first-order valence-electron chi connectivity index (χ1n) is 5.87. The fraction of sp³-hybridized carbons (Fsp3) is 0.750. The Morgan fingerprint density at radius 3 is 2.93 bits per heavy atom. The molecule has 0 saturated heterocycles. The first kappa shape index (κ1) is 11.1. The van der Waals surface area contributed by atoms with Gasteiger partial charge in [-0.15, -0.1) is 11.3 Å². The highest BCUT2D eigenvalue weighted by atomic mass is 32.1. The number of aromatic nitrogens is 1. The van der Waals surface area contributed by atoms with Crippen LogP contribution in [0.2, 0.25) is 0 Å². The summed E-state index contributed by atoms with van der Waals surface area (Å²) in [5, 5.41) is 6.88. The van der Waals surface area contributed by atoms with Crippen LogP contribution in [0.3, 0.4) is 0 Å². The first-order valence-corrected chi connectivity index (χ1v) is 6.75. The SMILES string of the molecule is CC1CCC(NCc2nccs2)CC1C. The van der Waals surface area contributed by atoms with Gasteiger partial charge in [-0.2, -0.15) is 0 Å². The van der Waals surface area contributed by atoms with E-state index in [1.54, 1.807) is 11.3 Å². The van der Waals surface area contributed by atoms with E-state index in [0.29, 0.717) is 6.04 Å². The number of hydrogen-bond donors (Lipinski definition) is 1. The molecular weight excluding hydrogens is 204 g/mol. The summed E-state index contributed by atoms with van der Waals surface area (Å²) in [4.78, 5) is 4.29. The van der Waals surface area contributed by atoms with Gasteiger partial charge in [-0.3, -0.25) is 0 Å². The van der Waals surface area contributed by atoms with Crippen LogP contribution in [0.1, 0.15) is 38.1 Å². The molecule has 15 heavy (non-hydrogen) atoms. The van der Waals surface area contributed by atoms with Gasteiger partial charge in [0.05, 0.1) is 0 Å². The molecule has 2 rings (SSSR count). The fourth-order valence-corrected chi connectivity index (χ4v) is 2.87. The van der Waals surface area contributed by atoms with E-state index < -0.39 is 0 Å². The lowest BCUT2D eigenvalue weighted by molar-refractivity contribution is 0.225. The molecule has 0 aromatic carbocycles. The highest BCUT2D eigenvalue weighted by Crippen LogP contribution is 2.29. The van der Waals surface area contributed by atoms with Crippen molar-refractivity contribution in [3.63, 3.8) is 0 Å². The van der Waals surface area contributed by atoms with Crippen LogP contribution in [-0.2, 0) is 6.54 Å². The number of rotatable bonds is 3. The van der Waals surface area contributed by atoms with Gasteiger partial charge in [0.2, 0.25) is 0 Å². The van der Waals surface area contributed by atoms with Crippen molar-refractivity contribution in [1.82, 2.24) is 10.3 Å². The van der Waals surface area contributed by atoms with Gasteiger partial charge < -0.3 is 5.32 Å². The van der Waals surface area contributed by atoms with Crippen LogP contribution in [0.5, 0.6) is 0 Å². The molecule has 0 bridgehead atoms. The van der Waals surface area contributed by atoms with Gasteiger partial charge >= 0.3 is 0 Å². The van der Waals surface area contributed by atoms with E-state index in [9.17, 15) is 0 Å². The van der Waals surface area contributed by atoms with Gasteiger partial charge in [-0.1, -0.05) is 13.8 Å². The summed E-state index contributed by atoms with van der Waals surface area (Å²) >= 11 is 1.74. The molecule has 1 N–H and O–H groups in total. The average Bonchev–Trinajstić information content (AvgIpc) is 2.73.